The molecule has 0 aliphatic carbocycles. The molecule has 5 heteroatoms. The van der Waals surface area contributed by atoms with Gasteiger partial charge in [-0.1, -0.05) is 6.92 Å². The lowest BCUT2D eigenvalue weighted by molar-refractivity contribution is 0.0285. The number of ether oxygens (including phenoxy) is 3. The molecule has 1 N–H and O–H groups in total. The van der Waals surface area contributed by atoms with E-state index in [1.54, 1.807) is 7.11 Å². The van der Waals surface area contributed by atoms with Crippen LogP contribution in [0, 0.1) is 6.92 Å². The molecule has 0 unspecified atom stereocenters. The zero-order chi connectivity index (χ0) is 14.6. The predicted octanol–water partition coefficient (Wildman–Crippen LogP) is 2.27. The van der Waals surface area contributed by atoms with E-state index in [0.29, 0.717) is 26.4 Å². The molecule has 0 saturated carbocycles. The van der Waals surface area contributed by atoms with Crippen molar-refractivity contribution < 1.29 is 18.6 Å². The molecule has 0 amide bonds. The fourth-order valence-corrected chi connectivity index (χ4v) is 1.79. The molecule has 1 rings (SSSR count). The van der Waals surface area contributed by atoms with E-state index in [-0.39, 0.29) is 0 Å². The molecule has 0 fully saturated rings. The first kappa shape index (κ1) is 17.2. The Morgan fingerprint density at radius 3 is 2.70 bits per heavy atom. The van der Waals surface area contributed by atoms with Gasteiger partial charge < -0.3 is 23.9 Å². The van der Waals surface area contributed by atoms with Gasteiger partial charge in [0.15, 0.2) is 0 Å². The van der Waals surface area contributed by atoms with Crippen LogP contribution in [-0.2, 0) is 27.4 Å². The molecule has 116 valence electrons. The maximum Gasteiger partial charge on any atom is 0.130 e. The van der Waals surface area contributed by atoms with Crippen molar-refractivity contribution in [1.82, 2.24) is 5.32 Å². The summed E-state index contributed by atoms with van der Waals surface area (Å²) in [5.74, 6) is 1.83. The van der Waals surface area contributed by atoms with Crippen molar-refractivity contribution in [2.24, 2.45) is 0 Å². The van der Waals surface area contributed by atoms with E-state index in [1.807, 2.05) is 6.92 Å². The van der Waals surface area contributed by atoms with Gasteiger partial charge in [-0.05, 0) is 26.0 Å². The van der Waals surface area contributed by atoms with Crippen LogP contribution in [0.2, 0.25) is 0 Å². The number of methoxy groups -OCH3 is 1. The first-order valence-corrected chi connectivity index (χ1v) is 7.21. The fourth-order valence-electron chi connectivity index (χ4n) is 1.79. The summed E-state index contributed by atoms with van der Waals surface area (Å²) in [5.41, 5.74) is 1.20. The number of furan rings is 1. The van der Waals surface area contributed by atoms with Crippen molar-refractivity contribution in [3.05, 3.63) is 23.2 Å². The van der Waals surface area contributed by atoms with Crippen LogP contribution in [-0.4, -0.2) is 40.1 Å². The smallest absolute Gasteiger partial charge is 0.130 e. The minimum absolute atomic E-state index is 0.494. The normalized spacial score (nSPS) is 11.2. The van der Waals surface area contributed by atoms with Crippen molar-refractivity contribution in [3.8, 4) is 0 Å². The van der Waals surface area contributed by atoms with Crippen LogP contribution in [0.4, 0.5) is 0 Å². The Balaban J connectivity index is 2.09. The van der Waals surface area contributed by atoms with Gasteiger partial charge >= 0.3 is 0 Å². The van der Waals surface area contributed by atoms with E-state index in [1.165, 1.54) is 5.56 Å². The van der Waals surface area contributed by atoms with Crippen molar-refractivity contribution in [2.75, 3.05) is 40.1 Å². The van der Waals surface area contributed by atoms with Crippen LogP contribution >= 0.6 is 0 Å². The Labute approximate surface area is 121 Å². The molecule has 0 bridgehead atoms. The molecule has 0 aromatic carbocycles. The third-order valence-electron chi connectivity index (χ3n) is 2.89. The topological polar surface area (TPSA) is 52.9 Å². The Kier molecular flexibility index (Phi) is 9.32. The van der Waals surface area contributed by atoms with E-state index in [2.05, 4.69) is 18.3 Å². The third kappa shape index (κ3) is 7.05. The number of aryl methyl sites for hydroxylation is 1. The minimum Gasteiger partial charge on any atom is -0.464 e. The van der Waals surface area contributed by atoms with Crippen molar-refractivity contribution in [2.45, 2.75) is 33.4 Å². The van der Waals surface area contributed by atoms with Crippen molar-refractivity contribution >= 4 is 0 Å². The van der Waals surface area contributed by atoms with E-state index < -0.39 is 0 Å². The Morgan fingerprint density at radius 2 is 1.95 bits per heavy atom. The zero-order valence-electron chi connectivity index (χ0n) is 12.9. The average molecular weight is 285 g/mol. The van der Waals surface area contributed by atoms with Gasteiger partial charge in [-0.2, -0.15) is 0 Å². The second kappa shape index (κ2) is 10.9. The van der Waals surface area contributed by atoms with E-state index in [4.69, 9.17) is 18.6 Å². The SMILES string of the molecule is CCNCc1cc(COCCOCCCOC)oc1C. The molecule has 0 radical (unpaired) electrons. The molecule has 0 saturated heterocycles. The largest absolute Gasteiger partial charge is 0.464 e. The summed E-state index contributed by atoms with van der Waals surface area (Å²) >= 11 is 0. The standard InChI is InChI=1S/C15H27NO4/c1-4-16-11-14-10-15(20-13(14)2)12-19-9-8-18-7-5-6-17-3/h10,16H,4-9,11-12H2,1-3H3. The number of hydrogen-bond acceptors (Lipinski definition) is 5. The molecular weight excluding hydrogens is 258 g/mol. The van der Waals surface area contributed by atoms with Crippen LogP contribution < -0.4 is 5.32 Å². The quantitative estimate of drug-likeness (QED) is 0.597. The maximum atomic E-state index is 5.65. The lowest BCUT2D eigenvalue weighted by atomic mass is 10.2. The van der Waals surface area contributed by atoms with Gasteiger partial charge in [0, 0.05) is 32.4 Å². The number of rotatable bonds is 12. The molecule has 0 aliphatic heterocycles. The highest BCUT2D eigenvalue weighted by Crippen LogP contribution is 2.15. The summed E-state index contributed by atoms with van der Waals surface area (Å²) < 4.78 is 21.5. The van der Waals surface area contributed by atoms with Gasteiger partial charge in [-0.15, -0.1) is 0 Å². The van der Waals surface area contributed by atoms with Crippen molar-refractivity contribution in [1.29, 1.82) is 0 Å². The van der Waals surface area contributed by atoms with Gasteiger partial charge in [-0.3, -0.25) is 0 Å². The van der Waals surface area contributed by atoms with Gasteiger partial charge in [0.05, 0.1) is 13.2 Å². The molecule has 1 heterocycles. The van der Waals surface area contributed by atoms with Gasteiger partial charge in [0.25, 0.3) is 0 Å². The van der Waals surface area contributed by atoms with Crippen LogP contribution in [0.15, 0.2) is 10.5 Å². The molecule has 0 spiro atoms. The third-order valence-corrected chi connectivity index (χ3v) is 2.89. The van der Waals surface area contributed by atoms with Crippen LogP contribution in [0.1, 0.15) is 30.4 Å². The van der Waals surface area contributed by atoms with E-state index in [0.717, 1.165) is 37.6 Å². The summed E-state index contributed by atoms with van der Waals surface area (Å²) in [6.45, 7) is 8.99. The first-order valence-electron chi connectivity index (χ1n) is 7.21. The number of hydrogen-bond donors (Lipinski definition) is 1. The van der Waals surface area contributed by atoms with Crippen LogP contribution in [0.3, 0.4) is 0 Å². The summed E-state index contributed by atoms with van der Waals surface area (Å²) in [4.78, 5) is 0. The zero-order valence-corrected chi connectivity index (χ0v) is 12.9. The maximum absolute atomic E-state index is 5.65. The second-order valence-electron chi connectivity index (χ2n) is 4.59. The minimum atomic E-state index is 0.494. The first-order chi connectivity index (χ1) is 9.77. The Hall–Kier alpha value is -0.880. The second-order valence-corrected chi connectivity index (χ2v) is 4.59. The van der Waals surface area contributed by atoms with Gasteiger partial charge in [-0.25, -0.2) is 0 Å². The van der Waals surface area contributed by atoms with E-state index >= 15 is 0 Å². The lowest BCUT2D eigenvalue weighted by Gasteiger charge is -2.04. The monoisotopic (exact) mass is 285 g/mol. The highest BCUT2D eigenvalue weighted by Gasteiger charge is 2.06. The average Bonchev–Trinajstić information content (AvgIpc) is 2.80. The lowest BCUT2D eigenvalue weighted by Crippen LogP contribution is -2.11. The molecule has 1 aromatic rings. The molecule has 5 nitrogen and oxygen atoms in total. The molecular formula is C15H27NO4. The molecule has 0 atom stereocenters. The Morgan fingerprint density at radius 1 is 1.15 bits per heavy atom. The molecule has 0 aliphatic rings. The summed E-state index contributed by atoms with van der Waals surface area (Å²) in [6.07, 6.45) is 0.918. The summed E-state index contributed by atoms with van der Waals surface area (Å²) in [5, 5.41) is 3.29. The molecule has 20 heavy (non-hydrogen) atoms. The highest BCUT2D eigenvalue weighted by atomic mass is 16.5. The predicted molar refractivity (Wildman–Crippen MR) is 77.8 cm³/mol. The summed E-state index contributed by atoms with van der Waals surface area (Å²) in [6, 6.07) is 2.05. The highest BCUT2D eigenvalue weighted by molar-refractivity contribution is 5.20. The molecule has 1 aromatic heterocycles. The van der Waals surface area contributed by atoms with Crippen LogP contribution in [0.25, 0.3) is 0 Å². The van der Waals surface area contributed by atoms with Crippen molar-refractivity contribution in [3.63, 3.8) is 0 Å². The van der Waals surface area contributed by atoms with Crippen LogP contribution in [0.5, 0.6) is 0 Å². The van der Waals surface area contributed by atoms with Gasteiger partial charge in [0.1, 0.15) is 18.1 Å². The summed E-state index contributed by atoms with van der Waals surface area (Å²) in [7, 11) is 1.69. The Bertz CT molecular complexity index is 352. The number of nitrogens with one attached hydrogen (secondary N) is 1. The fraction of sp³-hybridized carbons (Fsp3) is 0.733. The van der Waals surface area contributed by atoms with E-state index in [9.17, 15) is 0 Å². The van der Waals surface area contributed by atoms with Gasteiger partial charge in [0.2, 0.25) is 0 Å².